The van der Waals surface area contributed by atoms with Crippen molar-refractivity contribution in [1.29, 1.82) is 0 Å². The fraction of sp³-hybridized carbons (Fsp3) is 0.312. The lowest BCUT2D eigenvalue weighted by molar-refractivity contribution is -0.0855. The molecular weight excluding hydrogens is 395 g/mol. The summed E-state index contributed by atoms with van der Waals surface area (Å²) < 4.78 is 13.9. The van der Waals surface area contributed by atoms with Crippen molar-refractivity contribution in [3.8, 4) is 5.69 Å². The minimum absolute atomic E-state index is 0.0706. The van der Waals surface area contributed by atoms with Gasteiger partial charge in [-0.3, -0.25) is 4.79 Å². The normalized spacial score (nSPS) is 18.1. The molecule has 3 rings (SSSR count). The molecule has 2 aromatic rings. The molecule has 0 aliphatic carbocycles. The third-order valence-corrected chi connectivity index (χ3v) is 4.11. The molecule has 1 aromatic carbocycles. The third kappa shape index (κ3) is 3.68. The predicted molar refractivity (Wildman–Crippen MR) is 91.4 cm³/mol. The van der Waals surface area contributed by atoms with E-state index in [2.05, 4.69) is 27.9 Å². The van der Waals surface area contributed by atoms with Crippen LogP contribution in [0.2, 0.25) is 0 Å². The van der Waals surface area contributed by atoms with Crippen molar-refractivity contribution in [2.75, 3.05) is 26.4 Å². The number of nitrogens with one attached hydrogen (secondary N) is 1. The molecule has 1 amide bonds. The van der Waals surface area contributed by atoms with Gasteiger partial charge in [0.25, 0.3) is 5.91 Å². The smallest absolute Gasteiger partial charge is 0.268 e. The van der Waals surface area contributed by atoms with E-state index in [1.807, 2.05) is 47.2 Å². The van der Waals surface area contributed by atoms with E-state index in [-0.39, 0.29) is 12.0 Å². The van der Waals surface area contributed by atoms with Crippen molar-refractivity contribution in [1.82, 2.24) is 9.88 Å². The maximum Gasteiger partial charge on any atom is 0.268 e. The van der Waals surface area contributed by atoms with Crippen LogP contribution in [-0.2, 0) is 9.47 Å². The number of rotatable bonds is 4. The lowest BCUT2D eigenvalue weighted by atomic mass is 10.3. The van der Waals surface area contributed by atoms with E-state index in [4.69, 9.17) is 9.47 Å². The van der Waals surface area contributed by atoms with Gasteiger partial charge in [-0.25, -0.2) is 0 Å². The van der Waals surface area contributed by atoms with E-state index < -0.39 is 0 Å². The third-order valence-electron chi connectivity index (χ3n) is 3.44. The lowest BCUT2D eigenvalue weighted by Crippen LogP contribution is -2.40. The highest BCUT2D eigenvalue weighted by atomic mass is 127. The number of nitrogens with zero attached hydrogens (tertiary/aromatic N) is 1. The number of aromatic nitrogens is 1. The van der Waals surface area contributed by atoms with Gasteiger partial charge in [0.1, 0.15) is 5.69 Å². The van der Waals surface area contributed by atoms with Crippen molar-refractivity contribution >= 4 is 28.5 Å². The van der Waals surface area contributed by atoms with Crippen molar-refractivity contribution in [2.45, 2.75) is 6.10 Å². The van der Waals surface area contributed by atoms with E-state index in [1.165, 1.54) is 0 Å². The van der Waals surface area contributed by atoms with Crippen LogP contribution in [0.4, 0.5) is 0 Å². The summed E-state index contributed by atoms with van der Waals surface area (Å²) in [5.74, 6) is -0.113. The summed E-state index contributed by atoms with van der Waals surface area (Å²) in [5.41, 5.74) is 1.58. The van der Waals surface area contributed by atoms with Gasteiger partial charge in [0.05, 0.1) is 25.9 Å². The van der Waals surface area contributed by atoms with E-state index in [1.54, 1.807) is 0 Å². The molecule has 1 aliphatic heterocycles. The van der Waals surface area contributed by atoms with Crippen LogP contribution in [0.3, 0.4) is 0 Å². The van der Waals surface area contributed by atoms with Crippen LogP contribution in [0.25, 0.3) is 5.69 Å². The Morgan fingerprint density at radius 3 is 3.00 bits per heavy atom. The maximum atomic E-state index is 12.4. The molecule has 1 fully saturated rings. The van der Waals surface area contributed by atoms with Crippen LogP contribution in [0, 0.1) is 3.57 Å². The van der Waals surface area contributed by atoms with Gasteiger partial charge in [0, 0.05) is 22.0 Å². The zero-order valence-electron chi connectivity index (χ0n) is 12.0. The van der Waals surface area contributed by atoms with Gasteiger partial charge in [0.2, 0.25) is 0 Å². The van der Waals surface area contributed by atoms with Crippen LogP contribution in [-0.4, -0.2) is 42.9 Å². The summed E-state index contributed by atoms with van der Waals surface area (Å²) >= 11 is 2.26. The van der Waals surface area contributed by atoms with Crippen LogP contribution in [0.1, 0.15) is 10.5 Å². The number of halogens is 1. The number of hydrogen-bond acceptors (Lipinski definition) is 3. The van der Waals surface area contributed by atoms with Gasteiger partial charge in [-0.2, -0.15) is 0 Å². The molecular formula is C16H17IN2O3. The van der Waals surface area contributed by atoms with Crippen LogP contribution >= 0.6 is 22.6 Å². The molecule has 116 valence electrons. The van der Waals surface area contributed by atoms with Crippen LogP contribution in [0.5, 0.6) is 0 Å². The molecule has 1 aromatic heterocycles. The highest BCUT2D eigenvalue weighted by Gasteiger charge is 2.17. The number of ether oxygens (including phenoxy) is 2. The average Bonchev–Trinajstić information content (AvgIpc) is 3.03. The predicted octanol–water partition coefficient (Wildman–Crippen LogP) is 2.23. The Kier molecular flexibility index (Phi) is 5.12. The Hall–Kier alpha value is -1.38. The second-order valence-corrected chi connectivity index (χ2v) is 6.27. The molecule has 5 nitrogen and oxygen atoms in total. The fourth-order valence-electron chi connectivity index (χ4n) is 2.37. The Morgan fingerprint density at radius 1 is 1.32 bits per heavy atom. The molecule has 1 N–H and O–H groups in total. The summed E-state index contributed by atoms with van der Waals surface area (Å²) in [6, 6.07) is 11.7. The molecule has 0 spiro atoms. The van der Waals surface area contributed by atoms with Crippen molar-refractivity contribution in [3.63, 3.8) is 0 Å². The highest BCUT2D eigenvalue weighted by molar-refractivity contribution is 14.1. The second-order valence-electron chi connectivity index (χ2n) is 5.02. The molecule has 1 atom stereocenters. The summed E-state index contributed by atoms with van der Waals surface area (Å²) in [6.45, 7) is 2.19. The maximum absolute atomic E-state index is 12.4. The zero-order valence-corrected chi connectivity index (χ0v) is 14.2. The first kappa shape index (κ1) is 15.5. The molecule has 1 unspecified atom stereocenters. The molecule has 1 aliphatic rings. The summed E-state index contributed by atoms with van der Waals surface area (Å²) in [4.78, 5) is 12.4. The van der Waals surface area contributed by atoms with Crippen LogP contribution in [0.15, 0.2) is 42.6 Å². The number of amides is 1. The molecule has 22 heavy (non-hydrogen) atoms. The first-order valence-electron chi connectivity index (χ1n) is 7.15. The van der Waals surface area contributed by atoms with Gasteiger partial charge in [-0.1, -0.05) is 6.07 Å². The quantitative estimate of drug-likeness (QED) is 0.784. The average molecular weight is 412 g/mol. The Bertz CT molecular complexity index is 650. The van der Waals surface area contributed by atoms with Gasteiger partial charge >= 0.3 is 0 Å². The summed E-state index contributed by atoms with van der Waals surface area (Å²) in [5, 5.41) is 2.91. The van der Waals surface area contributed by atoms with Gasteiger partial charge < -0.3 is 19.4 Å². The van der Waals surface area contributed by atoms with Crippen molar-refractivity contribution < 1.29 is 14.3 Å². The van der Waals surface area contributed by atoms with E-state index in [0.717, 1.165) is 9.26 Å². The fourth-order valence-corrected chi connectivity index (χ4v) is 2.90. The SMILES string of the molecule is O=C(NCC1COCCO1)c1cccn1-c1cccc(I)c1. The molecule has 0 radical (unpaired) electrons. The van der Waals surface area contributed by atoms with Gasteiger partial charge in [-0.15, -0.1) is 0 Å². The lowest BCUT2D eigenvalue weighted by Gasteiger charge is -2.23. The number of hydrogen-bond donors (Lipinski definition) is 1. The molecule has 2 heterocycles. The van der Waals surface area contributed by atoms with Gasteiger partial charge in [0.15, 0.2) is 0 Å². The van der Waals surface area contributed by atoms with Crippen molar-refractivity contribution in [3.05, 3.63) is 51.9 Å². The second kappa shape index (κ2) is 7.26. The van der Waals surface area contributed by atoms with Gasteiger partial charge in [-0.05, 0) is 52.9 Å². The zero-order chi connectivity index (χ0) is 15.4. The first-order chi connectivity index (χ1) is 10.7. The summed E-state index contributed by atoms with van der Waals surface area (Å²) in [6.07, 6.45) is 1.82. The van der Waals surface area contributed by atoms with Crippen LogP contribution < -0.4 is 5.32 Å². The Balaban J connectivity index is 1.69. The molecule has 6 heteroatoms. The molecule has 0 saturated carbocycles. The number of carbonyl (C=O) groups excluding carboxylic acids is 1. The summed E-state index contributed by atoms with van der Waals surface area (Å²) in [7, 11) is 0. The Labute approximate surface area is 142 Å². The minimum atomic E-state index is -0.113. The largest absolute Gasteiger partial charge is 0.376 e. The standard InChI is InChI=1S/C16H17IN2O3/c17-12-3-1-4-13(9-12)19-6-2-5-15(19)16(20)18-10-14-11-21-7-8-22-14/h1-6,9,14H,7-8,10-11H2,(H,18,20). The molecule has 1 saturated heterocycles. The topological polar surface area (TPSA) is 52.5 Å². The van der Waals surface area contributed by atoms with E-state index in [0.29, 0.717) is 32.1 Å². The minimum Gasteiger partial charge on any atom is -0.376 e. The monoisotopic (exact) mass is 412 g/mol. The molecule has 0 bridgehead atoms. The Morgan fingerprint density at radius 2 is 2.23 bits per heavy atom. The highest BCUT2D eigenvalue weighted by Crippen LogP contribution is 2.15. The first-order valence-corrected chi connectivity index (χ1v) is 8.23. The van der Waals surface area contributed by atoms with E-state index in [9.17, 15) is 4.79 Å². The van der Waals surface area contributed by atoms with E-state index >= 15 is 0 Å². The number of carbonyl (C=O) groups is 1. The number of benzene rings is 1. The van der Waals surface area contributed by atoms with Crippen molar-refractivity contribution in [2.24, 2.45) is 0 Å².